The van der Waals surface area contributed by atoms with Gasteiger partial charge in [-0.25, -0.2) is 0 Å². The molecule has 0 radical (unpaired) electrons. The summed E-state index contributed by atoms with van der Waals surface area (Å²) in [5.41, 5.74) is 0. The van der Waals surface area contributed by atoms with Gasteiger partial charge >= 0.3 is 0 Å². The molecule has 1 aromatic rings. The summed E-state index contributed by atoms with van der Waals surface area (Å²) in [7, 11) is 3.99. The van der Waals surface area contributed by atoms with Crippen LogP contribution in [-0.2, 0) is 13.0 Å². The van der Waals surface area contributed by atoms with Gasteiger partial charge in [-0.05, 0) is 38.9 Å². The number of hydrogen-bond donors (Lipinski definition) is 2. The van der Waals surface area contributed by atoms with Gasteiger partial charge in [0.25, 0.3) is 0 Å². The molecule has 0 aliphatic heterocycles. The first-order valence-electron chi connectivity index (χ1n) is 7.83. The maximum atomic E-state index is 4.27. The molecule has 1 aromatic heterocycles. The van der Waals surface area contributed by atoms with Gasteiger partial charge in [-0.15, -0.1) is 11.3 Å². The van der Waals surface area contributed by atoms with Crippen molar-refractivity contribution in [2.24, 2.45) is 4.99 Å². The quantitative estimate of drug-likeness (QED) is 0.573. The number of nitrogens with one attached hydrogen (secondary N) is 2. The molecule has 0 aliphatic rings. The predicted molar refractivity (Wildman–Crippen MR) is 94.3 cm³/mol. The van der Waals surface area contributed by atoms with Gasteiger partial charge < -0.3 is 15.5 Å². The summed E-state index contributed by atoms with van der Waals surface area (Å²) in [6.45, 7) is 9.44. The van der Waals surface area contributed by atoms with E-state index < -0.39 is 0 Å². The summed E-state index contributed by atoms with van der Waals surface area (Å²) in [5, 5.41) is 6.74. The SMILES string of the molecule is CCc1ccc(CNC(=NC)NCCN(C)C(C)CC)s1. The fraction of sp³-hybridized carbons (Fsp3) is 0.688. The van der Waals surface area contributed by atoms with Crippen LogP contribution in [0.2, 0.25) is 0 Å². The molecular weight excluding hydrogens is 280 g/mol. The molecule has 5 heteroatoms. The fourth-order valence-electron chi connectivity index (χ4n) is 1.98. The number of aliphatic imine (C=N–C) groups is 1. The predicted octanol–water partition coefficient (Wildman–Crippen LogP) is 2.71. The van der Waals surface area contributed by atoms with Crippen LogP contribution in [0.1, 0.15) is 36.9 Å². The molecule has 1 unspecified atom stereocenters. The highest BCUT2D eigenvalue weighted by Crippen LogP contribution is 2.16. The van der Waals surface area contributed by atoms with Gasteiger partial charge in [0, 0.05) is 35.9 Å². The normalized spacial score (nSPS) is 13.5. The highest BCUT2D eigenvalue weighted by molar-refractivity contribution is 7.11. The standard InChI is InChI=1S/C16H30N4S/c1-6-13(3)20(5)11-10-18-16(17-4)19-12-15-9-8-14(7-2)21-15/h8-9,13H,6-7,10-12H2,1-5H3,(H2,17,18,19). The molecule has 0 bridgehead atoms. The summed E-state index contributed by atoms with van der Waals surface area (Å²) in [6, 6.07) is 5.03. The molecule has 0 fully saturated rings. The zero-order chi connectivity index (χ0) is 15.7. The van der Waals surface area contributed by atoms with Crippen molar-refractivity contribution in [1.82, 2.24) is 15.5 Å². The van der Waals surface area contributed by atoms with E-state index in [4.69, 9.17) is 0 Å². The van der Waals surface area contributed by atoms with Crippen molar-refractivity contribution >= 4 is 17.3 Å². The molecule has 0 aliphatic carbocycles. The maximum absolute atomic E-state index is 4.27. The number of nitrogens with zero attached hydrogens (tertiary/aromatic N) is 2. The molecule has 0 aromatic carbocycles. The summed E-state index contributed by atoms with van der Waals surface area (Å²) in [6.07, 6.45) is 2.29. The van der Waals surface area contributed by atoms with Gasteiger partial charge in [0.2, 0.25) is 0 Å². The molecule has 1 heterocycles. The van der Waals surface area contributed by atoms with E-state index in [0.717, 1.165) is 32.0 Å². The minimum atomic E-state index is 0.625. The first kappa shape index (κ1) is 18.0. The number of rotatable bonds is 8. The number of hydrogen-bond acceptors (Lipinski definition) is 3. The van der Waals surface area contributed by atoms with Crippen LogP contribution < -0.4 is 10.6 Å². The van der Waals surface area contributed by atoms with Crippen molar-refractivity contribution < 1.29 is 0 Å². The minimum Gasteiger partial charge on any atom is -0.355 e. The highest BCUT2D eigenvalue weighted by atomic mass is 32.1. The largest absolute Gasteiger partial charge is 0.355 e. The average Bonchev–Trinajstić information content (AvgIpc) is 2.97. The summed E-state index contributed by atoms with van der Waals surface area (Å²) < 4.78 is 0. The van der Waals surface area contributed by atoms with E-state index >= 15 is 0 Å². The first-order chi connectivity index (χ1) is 10.1. The van der Waals surface area contributed by atoms with Crippen molar-refractivity contribution in [3.8, 4) is 0 Å². The first-order valence-corrected chi connectivity index (χ1v) is 8.64. The van der Waals surface area contributed by atoms with E-state index in [-0.39, 0.29) is 0 Å². The molecule has 1 atom stereocenters. The molecule has 0 saturated heterocycles. The lowest BCUT2D eigenvalue weighted by atomic mass is 10.2. The third-order valence-corrected chi connectivity index (χ3v) is 5.05. The topological polar surface area (TPSA) is 39.7 Å². The van der Waals surface area contributed by atoms with Crippen LogP contribution in [0.5, 0.6) is 0 Å². The number of thiophene rings is 1. The third-order valence-electron chi connectivity index (χ3n) is 3.82. The van der Waals surface area contributed by atoms with Crippen LogP contribution in [0.4, 0.5) is 0 Å². The van der Waals surface area contributed by atoms with Gasteiger partial charge in [0.15, 0.2) is 5.96 Å². The van der Waals surface area contributed by atoms with E-state index in [0.29, 0.717) is 6.04 Å². The van der Waals surface area contributed by atoms with Crippen LogP contribution in [-0.4, -0.2) is 44.1 Å². The third kappa shape index (κ3) is 6.48. The van der Waals surface area contributed by atoms with Crippen molar-refractivity contribution in [2.45, 2.75) is 46.2 Å². The Kier molecular flexibility index (Phi) is 8.38. The zero-order valence-electron chi connectivity index (χ0n) is 14.1. The smallest absolute Gasteiger partial charge is 0.191 e. The maximum Gasteiger partial charge on any atom is 0.191 e. The minimum absolute atomic E-state index is 0.625. The van der Waals surface area contributed by atoms with E-state index in [1.165, 1.54) is 16.2 Å². The number of guanidine groups is 1. The second kappa shape index (κ2) is 9.79. The molecule has 120 valence electrons. The van der Waals surface area contributed by atoms with Gasteiger partial charge in [-0.3, -0.25) is 4.99 Å². The van der Waals surface area contributed by atoms with Crippen molar-refractivity contribution in [3.05, 3.63) is 21.9 Å². The van der Waals surface area contributed by atoms with E-state index in [1.807, 2.05) is 18.4 Å². The Balaban J connectivity index is 2.29. The lowest BCUT2D eigenvalue weighted by molar-refractivity contribution is 0.255. The van der Waals surface area contributed by atoms with Crippen LogP contribution in [0.15, 0.2) is 17.1 Å². The molecule has 4 nitrogen and oxygen atoms in total. The van der Waals surface area contributed by atoms with Crippen molar-refractivity contribution in [2.75, 3.05) is 27.2 Å². The Morgan fingerprint density at radius 2 is 2.00 bits per heavy atom. The summed E-state index contributed by atoms with van der Waals surface area (Å²) >= 11 is 1.87. The van der Waals surface area contributed by atoms with Gasteiger partial charge in [-0.2, -0.15) is 0 Å². The van der Waals surface area contributed by atoms with Crippen molar-refractivity contribution in [1.29, 1.82) is 0 Å². The monoisotopic (exact) mass is 310 g/mol. The lowest BCUT2D eigenvalue weighted by Crippen LogP contribution is -2.42. The summed E-state index contributed by atoms with van der Waals surface area (Å²) in [4.78, 5) is 9.43. The zero-order valence-corrected chi connectivity index (χ0v) is 14.9. The van der Waals surface area contributed by atoms with Gasteiger partial charge in [0.1, 0.15) is 0 Å². The van der Waals surface area contributed by atoms with Gasteiger partial charge in [0.05, 0.1) is 6.54 Å². The number of likely N-dealkylation sites (N-methyl/N-ethyl adjacent to an activating group) is 1. The molecule has 21 heavy (non-hydrogen) atoms. The van der Waals surface area contributed by atoms with Gasteiger partial charge in [-0.1, -0.05) is 13.8 Å². The Hall–Kier alpha value is -1.07. The Bertz CT molecular complexity index is 428. The van der Waals surface area contributed by atoms with Crippen molar-refractivity contribution in [3.63, 3.8) is 0 Å². The van der Waals surface area contributed by atoms with E-state index in [1.54, 1.807) is 0 Å². The Morgan fingerprint density at radius 1 is 1.29 bits per heavy atom. The second-order valence-corrected chi connectivity index (χ2v) is 6.56. The summed E-state index contributed by atoms with van der Waals surface area (Å²) in [5.74, 6) is 0.874. The molecule has 0 spiro atoms. The molecular formula is C16H30N4S. The highest BCUT2D eigenvalue weighted by Gasteiger charge is 2.06. The average molecular weight is 311 g/mol. The second-order valence-electron chi connectivity index (χ2n) is 5.31. The molecule has 0 amide bonds. The Morgan fingerprint density at radius 3 is 2.57 bits per heavy atom. The molecule has 2 N–H and O–H groups in total. The van der Waals surface area contributed by atoms with E-state index in [9.17, 15) is 0 Å². The Labute approximate surface area is 133 Å². The van der Waals surface area contributed by atoms with Crippen LogP contribution in [0, 0.1) is 0 Å². The molecule has 0 saturated carbocycles. The van der Waals surface area contributed by atoms with Crippen LogP contribution in [0.3, 0.4) is 0 Å². The van der Waals surface area contributed by atoms with Crippen LogP contribution in [0.25, 0.3) is 0 Å². The molecule has 1 rings (SSSR count). The fourth-order valence-corrected chi connectivity index (χ4v) is 2.88. The van der Waals surface area contributed by atoms with E-state index in [2.05, 4.69) is 60.5 Å². The van der Waals surface area contributed by atoms with Crippen LogP contribution >= 0.6 is 11.3 Å². The lowest BCUT2D eigenvalue weighted by Gasteiger charge is -2.23. The number of aryl methyl sites for hydroxylation is 1.